The van der Waals surface area contributed by atoms with E-state index in [4.69, 9.17) is 9.47 Å². The molecule has 0 radical (unpaired) electrons. The number of nitro groups is 1. The van der Waals surface area contributed by atoms with Gasteiger partial charge in [0.05, 0.1) is 17.0 Å². The first-order valence-electron chi connectivity index (χ1n) is 12.0. The molecule has 0 spiro atoms. The van der Waals surface area contributed by atoms with Gasteiger partial charge in [-0.05, 0) is 36.4 Å². The summed E-state index contributed by atoms with van der Waals surface area (Å²) >= 11 is 0. The zero-order chi connectivity index (χ0) is 27.4. The van der Waals surface area contributed by atoms with Gasteiger partial charge < -0.3 is 18.6 Å². The lowest BCUT2D eigenvalue weighted by atomic mass is 10.2. The van der Waals surface area contributed by atoms with Gasteiger partial charge >= 0.3 is 11.2 Å². The lowest BCUT2D eigenvalue weighted by Crippen LogP contribution is -2.24. The summed E-state index contributed by atoms with van der Waals surface area (Å²) < 4.78 is 42.2. The third-order valence-corrected chi connectivity index (χ3v) is 7.65. The van der Waals surface area contributed by atoms with Crippen molar-refractivity contribution in [3.63, 3.8) is 0 Å². The predicted molar refractivity (Wildman–Crippen MR) is 141 cm³/mol. The topological polar surface area (TPSA) is 101 Å². The zero-order valence-electron chi connectivity index (χ0n) is 21.3. The Hall–Kier alpha value is -3.90. The van der Waals surface area contributed by atoms with Crippen LogP contribution < -0.4 is 10.3 Å². The molecule has 0 bridgehead atoms. The van der Waals surface area contributed by atoms with Crippen LogP contribution >= 0.6 is 0 Å². The van der Waals surface area contributed by atoms with Crippen LogP contribution in [-0.4, -0.2) is 33.7 Å². The first-order chi connectivity index (χ1) is 18.0. The number of fused-ring (bicyclic) bond motifs is 1. The fourth-order valence-electron chi connectivity index (χ4n) is 3.82. The van der Waals surface area contributed by atoms with Crippen LogP contribution in [0.4, 0.5) is 14.5 Å². The van der Waals surface area contributed by atoms with E-state index in [1.54, 1.807) is 16.7 Å². The fraction of sp³-hybridized carbons (Fsp3) is 0.308. The van der Waals surface area contributed by atoms with E-state index in [0.29, 0.717) is 29.2 Å². The van der Waals surface area contributed by atoms with Crippen molar-refractivity contribution < 1.29 is 23.2 Å². The molecule has 9 nitrogen and oxygen atoms in total. The van der Waals surface area contributed by atoms with Gasteiger partial charge in [0.15, 0.2) is 0 Å². The molecule has 38 heavy (non-hydrogen) atoms. The number of hydrogen-bond donors (Lipinski definition) is 0. The summed E-state index contributed by atoms with van der Waals surface area (Å²) in [5.41, 5.74) is 0.00709. The molecule has 0 unspecified atom stereocenters. The van der Waals surface area contributed by atoms with Gasteiger partial charge in [-0.3, -0.25) is 14.9 Å². The number of hydrogen-bond acceptors (Lipinski definition) is 6. The van der Waals surface area contributed by atoms with Crippen LogP contribution in [-0.2, 0) is 24.6 Å². The number of nitrogens with zero attached hydrogens (tertiary/aromatic N) is 4. The van der Waals surface area contributed by atoms with Crippen molar-refractivity contribution in [1.29, 1.82) is 0 Å². The van der Waals surface area contributed by atoms with Crippen LogP contribution in [0, 0.1) is 21.7 Å². The Morgan fingerprint density at radius 2 is 1.89 bits per heavy atom. The van der Waals surface area contributed by atoms with E-state index in [2.05, 4.69) is 24.6 Å². The maximum absolute atomic E-state index is 14.1. The van der Waals surface area contributed by atoms with Gasteiger partial charge in [0.1, 0.15) is 42.1 Å². The van der Waals surface area contributed by atoms with Crippen LogP contribution in [0.5, 0.6) is 5.75 Å². The van der Waals surface area contributed by atoms with Crippen LogP contribution in [0.2, 0.25) is 25.7 Å². The molecule has 2 aromatic heterocycles. The molecule has 0 fully saturated rings. The number of benzene rings is 2. The van der Waals surface area contributed by atoms with E-state index in [1.165, 1.54) is 22.9 Å². The number of rotatable bonds is 11. The molecule has 4 aromatic rings. The lowest BCUT2D eigenvalue weighted by molar-refractivity contribution is -0.386. The monoisotopic (exact) mass is 542 g/mol. The lowest BCUT2D eigenvalue weighted by Gasteiger charge is -2.16. The first kappa shape index (κ1) is 27.1. The highest BCUT2D eigenvalue weighted by Crippen LogP contribution is 2.28. The number of aromatic nitrogens is 3. The van der Waals surface area contributed by atoms with E-state index >= 15 is 0 Å². The number of imidazole rings is 1. The average Bonchev–Trinajstić information content (AvgIpc) is 3.19. The maximum atomic E-state index is 14.1. The highest BCUT2D eigenvalue weighted by atomic mass is 28.3. The van der Waals surface area contributed by atoms with Crippen molar-refractivity contribution in [3.05, 3.63) is 98.2 Å². The van der Waals surface area contributed by atoms with Crippen LogP contribution in [0.25, 0.3) is 11.0 Å². The summed E-state index contributed by atoms with van der Waals surface area (Å²) in [6.45, 7) is 7.24. The zero-order valence-corrected chi connectivity index (χ0v) is 22.3. The second kappa shape index (κ2) is 11.2. The Labute approximate surface area is 218 Å². The van der Waals surface area contributed by atoms with Crippen molar-refractivity contribution in [3.8, 4) is 5.75 Å². The van der Waals surface area contributed by atoms with Gasteiger partial charge in [0, 0.05) is 38.6 Å². The summed E-state index contributed by atoms with van der Waals surface area (Å²) in [6, 6.07) is 12.1. The number of halogens is 2. The molecule has 0 amide bonds. The number of para-hydroxylation sites is 1. The Kier molecular flexibility index (Phi) is 8.02. The van der Waals surface area contributed by atoms with Crippen molar-refractivity contribution in [2.24, 2.45) is 0 Å². The second-order valence-corrected chi connectivity index (χ2v) is 15.7. The summed E-state index contributed by atoms with van der Waals surface area (Å²) in [4.78, 5) is 27.9. The largest absolute Gasteiger partial charge is 0.486 e. The molecule has 0 aliphatic heterocycles. The van der Waals surface area contributed by atoms with Gasteiger partial charge in [-0.15, -0.1) is 0 Å². The standard InChI is InChI=1S/C26H28F2N4O5Si/c1-38(2,3)13-12-36-17-31-21-6-4-8-23(37-16-18-9-10-19(27)14-20(18)28)25(21)29-24(31)15-30-11-5-7-22(26(30)33)32(34)35/h4-11,14H,12-13,15-17H2,1-3H3. The molecule has 200 valence electrons. The highest BCUT2D eigenvalue weighted by Gasteiger charge is 2.19. The van der Waals surface area contributed by atoms with Gasteiger partial charge in [-0.2, -0.15) is 0 Å². The Morgan fingerprint density at radius 1 is 1.11 bits per heavy atom. The normalized spacial score (nSPS) is 11.7. The Balaban J connectivity index is 1.69. The van der Waals surface area contributed by atoms with Gasteiger partial charge in [-0.1, -0.05) is 25.7 Å². The summed E-state index contributed by atoms with van der Waals surface area (Å²) in [7, 11) is -1.33. The molecular formula is C26H28F2N4O5Si. The molecule has 12 heteroatoms. The van der Waals surface area contributed by atoms with Crippen molar-refractivity contribution >= 4 is 24.8 Å². The Morgan fingerprint density at radius 3 is 2.61 bits per heavy atom. The quantitative estimate of drug-likeness (QED) is 0.110. The van der Waals surface area contributed by atoms with E-state index in [-0.39, 0.29) is 25.4 Å². The Bertz CT molecular complexity index is 1530. The second-order valence-electron chi connectivity index (χ2n) is 10.0. The van der Waals surface area contributed by atoms with Crippen LogP contribution in [0.15, 0.2) is 59.5 Å². The third kappa shape index (κ3) is 6.32. The smallest absolute Gasteiger partial charge is 0.334 e. The molecule has 2 heterocycles. The highest BCUT2D eigenvalue weighted by molar-refractivity contribution is 6.76. The average molecular weight is 543 g/mol. The molecule has 0 atom stereocenters. The molecule has 0 aliphatic rings. The van der Waals surface area contributed by atoms with E-state index in [0.717, 1.165) is 24.2 Å². The van der Waals surface area contributed by atoms with Crippen molar-refractivity contribution in [2.75, 3.05) is 6.61 Å². The summed E-state index contributed by atoms with van der Waals surface area (Å²) in [5, 5.41) is 11.3. The van der Waals surface area contributed by atoms with E-state index in [1.807, 2.05) is 6.07 Å². The maximum Gasteiger partial charge on any atom is 0.334 e. The molecule has 4 rings (SSSR count). The minimum absolute atomic E-state index is 0.0431. The van der Waals surface area contributed by atoms with Crippen LogP contribution in [0.1, 0.15) is 11.4 Å². The first-order valence-corrected chi connectivity index (χ1v) is 15.7. The number of ether oxygens (including phenoxy) is 2. The van der Waals surface area contributed by atoms with Gasteiger partial charge in [0.2, 0.25) is 0 Å². The minimum atomic E-state index is -1.33. The molecule has 0 saturated carbocycles. The van der Waals surface area contributed by atoms with Crippen LogP contribution in [0.3, 0.4) is 0 Å². The third-order valence-electron chi connectivity index (χ3n) is 5.94. The van der Waals surface area contributed by atoms with Crippen molar-refractivity contribution in [1.82, 2.24) is 14.1 Å². The van der Waals surface area contributed by atoms with Crippen molar-refractivity contribution in [2.45, 2.75) is 45.6 Å². The molecule has 0 aliphatic carbocycles. The fourth-order valence-corrected chi connectivity index (χ4v) is 4.58. The predicted octanol–water partition coefficient (Wildman–Crippen LogP) is 5.32. The van der Waals surface area contributed by atoms with Gasteiger partial charge in [0.25, 0.3) is 0 Å². The molecule has 0 N–H and O–H groups in total. The summed E-state index contributed by atoms with van der Waals surface area (Å²) in [5.74, 6) is -0.606. The van der Waals surface area contributed by atoms with E-state index < -0.39 is 35.9 Å². The number of pyridine rings is 1. The summed E-state index contributed by atoms with van der Waals surface area (Å²) in [6.07, 6.45) is 1.46. The van der Waals surface area contributed by atoms with E-state index in [9.17, 15) is 23.7 Å². The van der Waals surface area contributed by atoms with Gasteiger partial charge in [-0.25, -0.2) is 13.8 Å². The SMILES string of the molecule is C[Si](C)(C)CCOCn1c(Cn2cccc([N+](=O)[O-])c2=O)nc2c(OCc3ccc(F)cc3F)cccc21. The molecule has 2 aromatic carbocycles. The minimum Gasteiger partial charge on any atom is -0.486 e. The molecular weight excluding hydrogens is 514 g/mol. The molecule has 0 saturated heterocycles.